The lowest BCUT2D eigenvalue weighted by Gasteiger charge is -2.33. The van der Waals surface area contributed by atoms with E-state index in [9.17, 15) is 14.4 Å². The number of piperidine rings is 1. The van der Waals surface area contributed by atoms with Crippen molar-refractivity contribution in [1.29, 1.82) is 0 Å². The molecule has 2 rings (SSSR count). The number of carbonyl (C=O) groups is 3. The van der Waals surface area contributed by atoms with Crippen LogP contribution in [0.1, 0.15) is 32.1 Å². The van der Waals surface area contributed by atoms with E-state index in [1.165, 1.54) is 7.11 Å². The number of likely N-dealkylation sites (tertiary alicyclic amines) is 1. The Kier molecular flexibility index (Phi) is 4.62. The minimum absolute atomic E-state index is 0.108. The van der Waals surface area contributed by atoms with Crippen LogP contribution in [0.25, 0.3) is 0 Å². The van der Waals surface area contributed by atoms with Gasteiger partial charge in [-0.2, -0.15) is 0 Å². The van der Waals surface area contributed by atoms with Crippen LogP contribution in [0.4, 0.5) is 0 Å². The SMILES string of the molecule is COC(=O)C1CCCN(C(=O)C2CCCC2C(=O)O)C1. The number of aliphatic carboxylic acids is 1. The average Bonchev–Trinajstić information content (AvgIpc) is 2.95. The van der Waals surface area contributed by atoms with E-state index >= 15 is 0 Å². The molecule has 0 aromatic carbocycles. The third-order valence-corrected chi connectivity index (χ3v) is 4.42. The molecule has 2 fully saturated rings. The number of carboxylic acid groups (broad SMARTS) is 1. The first-order chi connectivity index (χ1) is 9.54. The van der Waals surface area contributed by atoms with Crippen molar-refractivity contribution in [3.63, 3.8) is 0 Å². The van der Waals surface area contributed by atoms with Crippen LogP contribution in [0.3, 0.4) is 0 Å². The van der Waals surface area contributed by atoms with Crippen molar-refractivity contribution in [3.8, 4) is 0 Å². The summed E-state index contributed by atoms with van der Waals surface area (Å²) in [7, 11) is 1.35. The molecule has 1 saturated carbocycles. The number of carbonyl (C=O) groups excluding carboxylic acids is 2. The van der Waals surface area contributed by atoms with Crippen LogP contribution in [-0.4, -0.2) is 48.1 Å². The lowest BCUT2D eigenvalue weighted by molar-refractivity contribution is -0.153. The van der Waals surface area contributed by atoms with Gasteiger partial charge < -0.3 is 14.7 Å². The molecule has 1 N–H and O–H groups in total. The van der Waals surface area contributed by atoms with Crippen LogP contribution in [-0.2, 0) is 19.1 Å². The van der Waals surface area contributed by atoms with Crippen LogP contribution >= 0.6 is 0 Å². The monoisotopic (exact) mass is 283 g/mol. The van der Waals surface area contributed by atoms with E-state index in [0.717, 1.165) is 19.3 Å². The van der Waals surface area contributed by atoms with E-state index in [4.69, 9.17) is 9.84 Å². The third kappa shape index (κ3) is 2.94. The van der Waals surface area contributed by atoms with Gasteiger partial charge in [-0.05, 0) is 25.7 Å². The lowest BCUT2D eigenvalue weighted by atomic mass is 9.92. The number of methoxy groups -OCH3 is 1. The maximum atomic E-state index is 12.5. The zero-order chi connectivity index (χ0) is 14.7. The van der Waals surface area contributed by atoms with Crippen LogP contribution < -0.4 is 0 Å². The van der Waals surface area contributed by atoms with Crippen molar-refractivity contribution < 1.29 is 24.2 Å². The van der Waals surface area contributed by atoms with Gasteiger partial charge >= 0.3 is 11.9 Å². The van der Waals surface area contributed by atoms with Crippen molar-refractivity contribution >= 4 is 17.8 Å². The van der Waals surface area contributed by atoms with Crippen LogP contribution in [0.5, 0.6) is 0 Å². The number of rotatable bonds is 3. The zero-order valence-corrected chi connectivity index (χ0v) is 11.7. The van der Waals surface area contributed by atoms with Gasteiger partial charge in [-0.25, -0.2) is 0 Å². The fraction of sp³-hybridized carbons (Fsp3) is 0.786. The summed E-state index contributed by atoms with van der Waals surface area (Å²) in [4.78, 5) is 36.9. The molecule has 3 unspecified atom stereocenters. The molecule has 1 saturated heterocycles. The van der Waals surface area contributed by atoms with E-state index in [1.54, 1.807) is 4.90 Å². The standard InChI is InChI=1S/C14H21NO5/c1-20-14(19)9-4-3-7-15(8-9)12(16)10-5-2-6-11(10)13(17)18/h9-11H,2-8H2,1H3,(H,17,18). The summed E-state index contributed by atoms with van der Waals surface area (Å²) in [5, 5.41) is 9.16. The van der Waals surface area contributed by atoms with E-state index in [0.29, 0.717) is 25.9 Å². The Hall–Kier alpha value is -1.59. The Morgan fingerprint density at radius 3 is 2.45 bits per heavy atom. The van der Waals surface area contributed by atoms with Crippen molar-refractivity contribution in [3.05, 3.63) is 0 Å². The van der Waals surface area contributed by atoms with Gasteiger partial charge in [0.25, 0.3) is 0 Å². The number of nitrogens with zero attached hydrogens (tertiary/aromatic N) is 1. The largest absolute Gasteiger partial charge is 0.481 e. The Labute approximate surface area is 118 Å². The molecule has 0 radical (unpaired) electrons. The van der Waals surface area contributed by atoms with Crippen molar-refractivity contribution in [2.24, 2.45) is 17.8 Å². The molecule has 3 atom stereocenters. The number of amides is 1. The van der Waals surface area contributed by atoms with E-state index < -0.39 is 17.8 Å². The first-order valence-corrected chi connectivity index (χ1v) is 7.14. The van der Waals surface area contributed by atoms with Gasteiger partial charge in [0.1, 0.15) is 0 Å². The first kappa shape index (κ1) is 14.8. The van der Waals surface area contributed by atoms with Gasteiger partial charge in [-0.3, -0.25) is 14.4 Å². The maximum Gasteiger partial charge on any atom is 0.310 e. The predicted octanol–water partition coefficient (Wildman–Crippen LogP) is 0.899. The molecule has 0 aromatic rings. The molecule has 0 aromatic heterocycles. The smallest absolute Gasteiger partial charge is 0.310 e. The Morgan fingerprint density at radius 1 is 1.10 bits per heavy atom. The molecule has 1 aliphatic heterocycles. The summed E-state index contributed by atoms with van der Waals surface area (Å²) in [6, 6.07) is 0. The molecule has 1 heterocycles. The molecule has 112 valence electrons. The third-order valence-electron chi connectivity index (χ3n) is 4.42. The predicted molar refractivity (Wildman–Crippen MR) is 69.8 cm³/mol. The second kappa shape index (κ2) is 6.24. The average molecular weight is 283 g/mol. The highest BCUT2D eigenvalue weighted by Gasteiger charge is 2.41. The molecule has 6 heteroatoms. The van der Waals surface area contributed by atoms with Gasteiger partial charge in [0.15, 0.2) is 0 Å². The zero-order valence-electron chi connectivity index (χ0n) is 11.7. The highest BCUT2D eigenvalue weighted by molar-refractivity contribution is 5.86. The van der Waals surface area contributed by atoms with Gasteiger partial charge in [0, 0.05) is 13.1 Å². The highest BCUT2D eigenvalue weighted by atomic mass is 16.5. The molecule has 1 aliphatic carbocycles. The van der Waals surface area contributed by atoms with Gasteiger partial charge in [0.05, 0.1) is 24.9 Å². The van der Waals surface area contributed by atoms with Crippen molar-refractivity contribution in [2.45, 2.75) is 32.1 Å². The fourth-order valence-corrected chi connectivity index (χ4v) is 3.32. The van der Waals surface area contributed by atoms with Crippen molar-refractivity contribution in [2.75, 3.05) is 20.2 Å². The minimum atomic E-state index is -0.887. The fourth-order valence-electron chi connectivity index (χ4n) is 3.32. The second-order valence-electron chi connectivity index (χ2n) is 5.63. The topological polar surface area (TPSA) is 83.9 Å². The van der Waals surface area contributed by atoms with Crippen LogP contribution in [0.15, 0.2) is 0 Å². The van der Waals surface area contributed by atoms with Gasteiger partial charge in [-0.15, -0.1) is 0 Å². The summed E-state index contributed by atoms with van der Waals surface area (Å²) < 4.78 is 4.73. The van der Waals surface area contributed by atoms with E-state index in [2.05, 4.69) is 0 Å². The van der Waals surface area contributed by atoms with Crippen LogP contribution in [0, 0.1) is 17.8 Å². The Balaban J connectivity index is 2.01. The number of ether oxygens (including phenoxy) is 1. The lowest BCUT2D eigenvalue weighted by Crippen LogP contribution is -2.46. The first-order valence-electron chi connectivity index (χ1n) is 7.14. The normalized spacial score (nSPS) is 30.1. The second-order valence-corrected chi connectivity index (χ2v) is 5.63. The van der Waals surface area contributed by atoms with E-state index in [-0.39, 0.29) is 17.8 Å². The number of carboxylic acids is 1. The molecule has 6 nitrogen and oxygen atoms in total. The van der Waals surface area contributed by atoms with Crippen LogP contribution in [0.2, 0.25) is 0 Å². The summed E-state index contributed by atoms with van der Waals surface area (Å²) in [5.41, 5.74) is 0. The molecular formula is C14H21NO5. The maximum absolute atomic E-state index is 12.5. The molecule has 0 spiro atoms. The molecule has 0 bridgehead atoms. The molecule has 20 heavy (non-hydrogen) atoms. The van der Waals surface area contributed by atoms with Crippen molar-refractivity contribution in [1.82, 2.24) is 4.90 Å². The number of esters is 1. The summed E-state index contributed by atoms with van der Waals surface area (Å²) in [5.74, 6) is -2.55. The van der Waals surface area contributed by atoms with E-state index in [1.807, 2.05) is 0 Å². The summed E-state index contributed by atoms with van der Waals surface area (Å²) >= 11 is 0. The summed E-state index contributed by atoms with van der Waals surface area (Å²) in [6.45, 7) is 0.962. The van der Waals surface area contributed by atoms with Gasteiger partial charge in [-0.1, -0.05) is 6.42 Å². The van der Waals surface area contributed by atoms with Gasteiger partial charge in [0.2, 0.25) is 5.91 Å². The quantitative estimate of drug-likeness (QED) is 0.778. The molecule has 2 aliphatic rings. The number of hydrogen-bond donors (Lipinski definition) is 1. The summed E-state index contributed by atoms with van der Waals surface area (Å²) in [6.07, 6.45) is 3.47. The Bertz CT molecular complexity index is 408. The molecular weight excluding hydrogens is 262 g/mol. The Morgan fingerprint density at radius 2 is 1.80 bits per heavy atom. The minimum Gasteiger partial charge on any atom is -0.481 e. The highest BCUT2D eigenvalue weighted by Crippen LogP contribution is 2.34. The number of hydrogen-bond acceptors (Lipinski definition) is 4. The molecule has 1 amide bonds.